The fourth-order valence-corrected chi connectivity index (χ4v) is 4.64. The Balaban J connectivity index is 1.24. The number of β-lactam (4-membered cyclic amide) rings is 1. The van der Waals surface area contributed by atoms with Crippen molar-refractivity contribution >= 4 is 23.6 Å². The number of unbranched alkanes of at least 4 members (excludes halogenated alkanes) is 3. The number of rotatable bonds is 12. The van der Waals surface area contributed by atoms with E-state index < -0.39 is 0 Å². The number of hydrogen-bond donors (Lipinski definition) is 1. The summed E-state index contributed by atoms with van der Waals surface area (Å²) in [5.41, 5.74) is 2.38. The van der Waals surface area contributed by atoms with Crippen molar-refractivity contribution in [2.45, 2.75) is 49.7 Å². The molecule has 30 heavy (non-hydrogen) atoms. The summed E-state index contributed by atoms with van der Waals surface area (Å²) < 4.78 is 12.9. The van der Waals surface area contributed by atoms with Crippen molar-refractivity contribution in [2.75, 3.05) is 13.1 Å². The topological polar surface area (TPSA) is 49.4 Å². The molecule has 1 saturated heterocycles. The number of carbonyl (C=O) groups is 2. The second kappa shape index (κ2) is 11.7. The maximum Gasteiger partial charge on any atom is 0.239 e. The summed E-state index contributed by atoms with van der Waals surface area (Å²) in [4.78, 5) is 25.7. The third-order valence-corrected chi connectivity index (χ3v) is 6.55. The molecule has 1 heterocycles. The molecule has 1 fully saturated rings. The van der Waals surface area contributed by atoms with Crippen molar-refractivity contribution < 1.29 is 14.0 Å². The molecule has 0 aromatic heterocycles. The lowest BCUT2D eigenvalue weighted by molar-refractivity contribution is -0.145. The molecular formula is C24H29FN2O2S. The van der Waals surface area contributed by atoms with Crippen molar-refractivity contribution in [3.8, 4) is 0 Å². The zero-order valence-corrected chi connectivity index (χ0v) is 18.0. The van der Waals surface area contributed by atoms with Gasteiger partial charge in [-0.2, -0.15) is 0 Å². The molecule has 0 radical (unpaired) electrons. The lowest BCUT2D eigenvalue weighted by Crippen LogP contribution is -2.54. The number of thioether (sulfide) groups is 1. The Morgan fingerprint density at radius 2 is 1.73 bits per heavy atom. The van der Waals surface area contributed by atoms with E-state index >= 15 is 0 Å². The highest BCUT2D eigenvalue weighted by Gasteiger charge is 2.37. The number of halogens is 1. The Hall–Kier alpha value is -2.34. The van der Waals surface area contributed by atoms with Crippen LogP contribution in [0.3, 0.4) is 0 Å². The summed E-state index contributed by atoms with van der Waals surface area (Å²) in [7, 11) is 0. The molecule has 3 rings (SSSR count). The number of benzene rings is 2. The lowest BCUT2D eigenvalue weighted by atomic mass is 10.1. The molecule has 1 aliphatic heterocycles. The first-order chi connectivity index (χ1) is 14.6. The summed E-state index contributed by atoms with van der Waals surface area (Å²) in [6, 6.07) is 16.8. The fraction of sp³-hybridized carbons (Fsp3) is 0.417. The zero-order valence-electron chi connectivity index (χ0n) is 17.2. The van der Waals surface area contributed by atoms with Crippen LogP contribution in [-0.4, -0.2) is 35.2 Å². The van der Waals surface area contributed by atoms with Crippen LogP contribution in [0.25, 0.3) is 0 Å². The van der Waals surface area contributed by atoms with Gasteiger partial charge in [0.05, 0.1) is 11.8 Å². The molecule has 160 valence electrons. The first-order valence-electron chi connectivity index (χ1n) is 10.6. The maximum absolute atomic E-state index is 12.9. The molecule has 0 saturated carbocycles. The van der Waals surface area contributed by atoms with Crippen LogP contribution in [-0.2, 0) is 21.8 Å². The molecule has 1 aliphatic rings. The highest BCUT2D eigenvalue weighted by atomic mass is 32.2. The fourth-order valence-electron chi connectivity index (χ4n) is 3.43. The second-order valence-corrected chi connectivity index (χ2v) is 8.78. The van der Waals surface area contributed by atoms with Crippen LogP contribution >= 0.6 is 11.8 Å². The van der Waals surface area contributed by atoms with Gasteiger partial charge in [-0.1, -0.05) is 55.3 Å². The highest BCUT2D eigenvalue weighted by molar-refractivity contribution is 7.99. The zero-order chi connectivity index (χ0) is 21.2. The van der Waals surface area contributed by atoms with Gasteiger partial charge in [0.15, 0.2) is 0 Å². The average molecular weight is 429 g/mol. The van der Waals surface area contributed by atoms with E-state index in [4.69, 9.17) is 0 Å². The van der Waals surface area contributed by atoms with Crippen LogP contribution in [0.1, 0.15) is 43.2 Å². The minimum Gasteiger partial charge on any atom is -0.355 e. The van der Waals surface area contributed by atoms with Crippen LogP contribution in [0.15, 0.2) is 54.6 Å². The molecule has 4 nitrogen and oxygen atoms in total. The second-order valence-electron chi connectivity index (χ2n) is 7.62. The SMILES string of the molecule is O=C(CN1C(=O)CC1SCc1ccccc1)NCCCCCCc1ccc(F)cc1. The van der Waals surface area contributed by atoms with E-state index in [1.807, 2.05) is 30.3 Å². The summed E-state index contributed by atoms with van der Waals surface area (Å²) in [5, 5.41) is 3.02. The molecule has 2 aromatic rings. The van der Waals surface area contributed by atoms with Crippen molar-refractivity contribution in [2.24, 2.45) is 0 Å². The molecule has 1 unspecified atom stereocenters. The van der Waals surface area contributed by atoms with Gasteiger partial charge in [-0.05, 0) is 42.5 Å². The van der Waals surface area contributed by atoms with Gasteiger partial charge in [-0.15, -0.1) is 11.8 Å². The van der Waals surface area contributed by atoms with E-state index in [-0.39, 0.29) is 29.6 Å². The molecule has 1 atom stereocenters. The van der Waals surface area contributed by atoms with Gasteiger partial charge in [0.2, 0.25) is 11.8 Å². The van der Waals surface area contributed by atoms with E-state index in [1.54, 1.807) is 16.7 Å². The smallest absolute Gasteiger partial charge is 0.239 e. The van der Waals surface area contributed by atoms with Crippen LogP contribution in [0.4, 0.5) is 4.39 Å². The van der Waals surface area contributed by atoms with Crippen molar-refractivity contribution in [3.63, 3.8) is 0 Å². The van der Waals surface area contributed by atoms with Crippen LogP contribution in [0, 0.1) is 5.82 Å². The molecule has 0 spiro atoms. The Labute approximate surface area is 182 Å². The van der Waals surface area contributed by atoms with Gasteiger partial charge in [0.25, 0.3) is 0 Å². The average Bonchev–Trinajstić information content (AvgIpc) is 2.76. The number of nitrogens with one attached hydrogen (secondary N) is 1. The Morgan fingerprint density at radius 1 is 1.00 bits per heavy atom. The van der Waals surface area contributed by atoms with Gasteiger partial charge in [0.1, 0.15) is 12.4 Å². The Kier molecular flexibility index (Phi) is 8.75. The first kappa shape index (κ1) is 22.3. The number of amides is 2. The standard InChI is InChI=1S/C24H29FN2O2S/c25-21-13-11-19(12-14-21)8-4-1-2-7-15-26-22(28)17-27-23(29)16-24(27)30-18-20-9-5-3-6-10-20/h3,5-6,9-14,24H,1-2,4,7-8,15-18H2,(H,26,28). The maximum atomic E-state index is 12.9. The monoisotopic (exact) mass is 428 g/mol. The predicted molar refractivity (Wildman–Crippen MR) is 119 cm³/mol. The van der Waals surface area contributed by atoms with Gasteiger partial charge >= 0.3 is 0 Å². The van der Waals surface area contributed by atoms with E-state index in [9.17, 15) is 14.0 Å². The molecule has 6 heteroatoms. The third kappa shape index (κ3) is 7.17. The van der Waals surface area contributed by atoms with E-state index in [0.717, 1.165) is 43.4 Å². The van der Waals surface area contributed by atoms with Crippen molar-refractivity contribution in [1.29, 1.82) is 0 Å². The molecule has 2 amide bonds. The largest absolute Gasteiger partial charge is 0.355 e. The lowest BCUT2D eigenvalue weighted by Gasteiger charge is -2.39. The number of aryl methyl sites for hydroxylation is 1. The Morgan fingerprint density at radius 3 is 2.47 bits per heavy atom. The van der Waals surface area contributed by atoms with Gasteiger partial charge < -0.3 is 10.2 Å². The summed E-state index contributed by atoms with van der Waals surface area (Å²) >= 11 is 1.71. The summed E-state index contributed by atoms with van der Waals surface area (Å²) in [6.07, 6.45) is 5.57. The van der Waals surface area contributed by atoms with E-state index in [0.29, 0.717) is 13.0 Å². The molecule has 0 aliphatic carbocycles. The minimum atomic E-state index is -0.199. The number of likely N-dealkylation sites (tertiary alicyclic amines) is 1. The molecule has 0 bridgehead atoms. The van der Waals surface area contributed by atoms with Crippen LogP contribution in [0.5, 0.6) is 0 Å². The first-order valence-corrected chi connectivity index (χ1v) is 11.6. The highest BCUT2D eigenvalue weighted by Crippen LogP contribution is 2.31. The summed E-state index contributed by atoms with van der Waals surface area (Å²) in [6.45, 7) is 0.787. The normalized spacial score (nSPS) is 15.7. The van der Waals surface area contributed by atoms with E-state index in [1.165, 1.54) is 17.7 Å². The van der Waals surface area contributed by atoms with Crippen LogP contribution < -0.4 is 5.32 Å². The number of carbonyl (C=O) groups excluding carboxylic acids is 2. The van der Waals surface area contributed by atoms with E-state index in [2.05, 4.69) is 17.4 Å². The predicted octanol–water partition coefficient (Wildman–Crippen LogP) is 4.54. The van der Waals surface area contributed by atoms with Crippen molar-refractivity contribution in [3.05, 3.63) is 71.5 Å². The van der Waals surface area contributed by atoms with Crippen LogP contribution in [0.2, 0.25) is 0 Å². The quantitative estimate of drug-likeness (QED) is 0.399. The van der Waals surface area contributed by atoms with Crippen molar-refractivity contribution in [1.82, 2.24) is 10.2 Å². The van der Waals surface area contributed by atoms with Gasteiger partial charge in [-0.25, -0.2) is 4.39 Å². The minimum absolute atomic E-state index is 0.0523. The Bertz CT molecular complexity index is 814. The molecular weight excluding hydrogens is 399 g/mol. The molecule has 1 N–H and O–H groups in total. The van der Waals surface area contributed by atoms with Gasteiger partial charge in [0, 0.05) is 12.3 Å². The third-order valence-electron chi connectivity index (χ3n) is 5.24. The number of nitrogens with zero attached hydrogens (tertiary/aromatic N) is 1. The van der Waals surface area contributed by atoms with Gasteiger partial charge in [-0.3, -0.25) is 9.59 Å². The summed E-state index contributed by atoms with van der Waals surface area (Å²) in [5.74, 6) is 0.612. The number of hydrogen-bond acceptors (Lipinski definition) is 3. The molecule has 2 aromatic carbocycles.